The molecule has 0 N–H and O–H groups in total. The molecule has 1 aliphatic heterocycles. The number of hydrogen-bond donors (Lipinski definition) is 0. The highest BCUT2D eigenvalue weighted by Gasteiger charge is 2.25. The number of hydrogen-bond acceptors (Lipinski definition) is 3. The quantitative estimate of drug-likeness (QED) is 0.743. The van der Waals surface area contributed by atoms with E-state index in [0.717, 1.165) is 12.0 Å². The van der Waals surface area contributed by atoms with Crippen molar-refractivity contribution in [3.8, 4) is 0 Å². The number of carbonyl (C=O) groups is 1. The van der Waals surface area contributed by atoms with Gasteiger partial charge in [0.05, 0.1) is 12.7 Å². The van der Waals surface area contributed by atoms with Gasteiger partial charge in [-0.15, -0.1) is 0 Å². The van der Waals surface area contributed by atoms with Gasteiger partial charge in [-0.3, -0.25) is 4.79 Å². The molecule has 17 heavy (non-hydrogen) atoms. The van der Waals surface area contributed by atoms with Gasteiger partial charge >= 0.3 is 5.97 Å². The molecule has 0 unspecified atom stereocenters. The van der Waals surface area contributed by atoms with Crippen LogP contribution in [-0.2, 0) is 14.3 Å². The molecule has 92 valence electrons. The van der Waals surface area contributed by atoms with Crippen molar-refractivity contribution in [1.82, 2.24) is 0 Å². The molecule has 3 nitrogen and oxygen atoms in total. The largest absolute Gasteiger partial charge is 0.462 e. The normalized spacial score (nSPS) is 24.4. The van der Waals surface area contributed by atoms with Crippen LogP contribution in [-0.4, -0.2) is 18.7 Å². The van der Waals surface area contributed by atoms with Crippen molar-refractivity contribution < 1.29 is 18.7 Å². The van der Waals surface area contributed by atoms with E-state index in [2.05, 4.69) is 0 Å². The topological polar surface area (TPSA) is 35.5 Å². The second-order valence-corrected chi connectivity index (χ2v) is 4.17. The minimum atomic E-state index is -0.269. The molecule has 1 fully saturated rings. The SMILES string of the molecule is CC(=O)O[C@@H]1CCO[C@H](c2ccc(F)cc2)C1. The number of rotatable bonds is 2. The van der Waals surface area contributed by atoms with Crippen molar-refractivity contribution in [2.45, 2.75) is 32.0 Å². The lowest BCUT2D eigenvalue weighted by atomic mass is 9.99. The van der Waals surface area contributed by atoms with E-state index in [1.54, 1.807) is 12.1 Å². The summed E-state index contributed by atoms with van der Waals surface area (Å²) in [4.78, 5) is 10.9. The number of halogens is 1. The van der Waals surface area contributed by atoms with E-state index in [1.165, 1.54) is 19.1 Å². The molecule has 0 aromatic heterocycles. The molecular weight excluding hydrogens is 223 g/mol. The predicted octanol–water partition coefficient (Wildman–Crippen LogP) is 2.61. The molecular formula is C13H15FO3. The maximum atomic E-state index is 12.8. The summed E-state index contributed by atoms with van der Waals surface area (Å²) in [7, 11) is 0. The minimum Gasteiger partial charge on any atom is -0.462 e. The minimum absolute atomic E-state index is 0.101. The lowest BCUT2D eigenvalue weighted by Gasteiger charge is -2.29. The fourth-order valence-electron chi connectivity index (χ4n) is 2.02. The van der Waals surface area contributed by atoms with Crippen molar-refractivity contribution in [2.75, 3.05) is 6.61 Å². The summed E-state index contributed by atoms with van der Waals surface area (Å²) in [6.07, 6.45) is 1.13. The smallest absolute Gasteiger partial charge is 0.302 e. The van der Waals surface area contributed by atoms with E-state index in [-0.39, 0.29) is 24.0 Å². The van der Waals surface area contributed by atoms with Crippen LogP contribution in [0, 0.1) is 5.82 Å². The van der Waals surface area contributed by atoms with Gasteiger partial charge in [-0.25, -0.2) is 4.39 Å². The van der Waals surface area contributed by atoms with Crippen LogP contribution >= 0.6 is 0 Å². The van der Waals surface area contributed by atoms with Crippen LogP contribution in [0.2, 0.25) is 0 Å². The molecule has 4 heteroatoms. The van der Waals surface area contributed by atoms with E-state index in [0.29, 0.717) is 13.0 Å². The van der Waals surface area contributed by atoms with Crippen molar-refractivity contribution >= 4 is 5.97 Å². The molecule has 0 bridgehead atoms. The molecule has 0 saturated carbocycles. The van der Waals surface area contributed by atoms with Gasteiger partial charge in [-0.1, -0.05) is 12.1 Å². The van der Waals surface area contributed by atoms with Crippen LogP contribution in [0.3, 0.4) is 0 Å². The summed E-state index contributed by atoms with van der Waals surface area (Å²) in [5.41, 5.74) is 0.920. The van der Waals surface area contributed by atoms with Gasteiger partial charge in [0.15, 0.2) is 0 Å². The molecule has 0 radical (unpaired) electrons. The second-order valence-electron chi connectivity index (χ2n) is 4.17. The molecule has 1 aliphatic rings. The van der Waals surface area contributed by atoms with Crippen LogP contribution in [0.4, 0.5) is 4.39 Å². The fraction of sp³-hybridized carbons (Fsp3) is 0.462. The van der Waals surface area contributed by atoms with Gasteiger partial charge in [0.1, 0.15) is 11.9 Å². The first kappa shape index (κ1) is 12.0. The molecule has 1 saturated heterocycles. The lowest BCUT2D eigenvalue weighted by Crippen LogP contribution is -2.27. The average Bonchev–Trinajstić information content (AvgIpc) is 2.29. The Bertz CT molecular complexity index is 388. The third kappa shape index (κ3) is 3.27. The van der Waals surface area contributed by atoms with E-state index in [9.17, 15) is 9.18 Å². The molecule has 1 heterocycles. The average molecular weight is 238 g/mol. The van der Waals surface area contributed by atoms with Crippen LogP contribution in [0.25, 0.3) is 0 Å². The zero-order chi connectivity index (χ0) is 12.3. The lowest BCUT2D eigenvalue weighted by molar-refractivity contribution is -0.153. The molecule has 0 amide bonds. The first-order valence-corrected chi connectivity index (χ1v) is 5.69. The van der Waals surface area contributed by atoms with E-state index < -0.39 is 0 Å². The maximum Gasteiger partial charge on any atom is 0.302 e. The molecule has 0 aliphatic carbocycles. The molecule has 1 aromatic rings. The van der Waals surface area contributed by atoms with Crippen molar-refractivity contribution in [1.29, 1.82) is 0 Å². The Labute approximate surface area is 99.5 Å². The van der Waals surface area contributed by atoms with Gasteiger partial charge < -0.3 is 9.47 Å². The summed E-state index contributed by atoms with van der Waals surface area (Å²) >= 11 is 0. The van der Waals surface area contributed by atoms with Crippen molar-refractivity contribution in [3.63, 3.8) is 0 Å². The Hall–Kier alpha value is -1.42. The van der Waals surface area contributed by atoms with E-state index in [4.69, 9.17) is 9.47 Å². The van der Waals surface area contributed by atoms with Crippen molar-refractivity contribution in [2.24, 2.45) is 0 Å². The molecule has 0 spiro atoms. The highest BCUT2D eigenvalue weighted by atomic mass is 19.1. The highest BCUT2D eigenvalue weighted by Crippen LogP contribution is 2.29. The first-order valence-electron chi connectivity index (χ1n) is 5.69. The van der Waals surface area contributed by atoms with Crippen LogP contribution < -0.4 is 0 Å². The van der Waals surface area contributed by atoms with Gasteiger partial charge in [-0.05, 0) is 17.7 Å². The predicted molar refractivity (Wildman–Crippen MR) is 59.9 cm³/mol. The number of benzene rings is 1. The van der Waals surface area contributed by atoms with Crippen LogP contribution in [0.1, 0.15) is 31.4 Å². The van der Waals surface area contributed by atoms with Gasteiger partial charge in [-0.2, -0.15) is 0 Å². The Balaban J connectivity index is 2.01. The van der Waals surface area contributed by atoms with Gasteiger partial charge in [0, 0.05) is 19.8 Å². The summed E-state index contributed by atoms with van der Waals surface area (Å²) < 4.78 is 23.6. The molecule has 1 aromatic carbocycles. The molecule has 2 atom stereocenters. The fourth-order valence-corrected chi connectivity index (χ4v) is 2.02. The Morgan fingerprint density at radius 3 is 2.76 bits per heavy atom. The highest BCUT2D eigenvalue weighted by molar-refractivity contribution is 5.66. The zero-order valence-corrected chi connectivity index (χ0v) is 9.69. The summed E-state index contributed by atoms with van der Waals surface area (Å²) in [5, 5.41) is 0. The van der Waals surface area contributed by atoms with E-state index in [1.807, 2.05) is 0 Å². The summed E-state index contributed by atoms with van der Waals surface area (Å²) in [6.45, 7) is 1.96. The monoisotopic (exact) mass is 238 g/mol. The number of carbonyl (C=O) groups excluding carboxylic acids is 1. The first-order chi connectivity index (χ1) is 8.15. The molecule has 2 rings (SSSR count). The van der Waals surface area contributed by atoms with Gasteiger partial charge in [0.2, 0.25) is 0 Å². The van der Waals surface area contributed by atoms with Gasteiger partial charge in [0.25, 0.3) is 0 Å². The Morgan fingerprint density at radius 2 is 2.12 bits per heavy atom. The Kier molecular flexibility index (Phi) is 3.74. The summed E-state index contributed by atoms with van der Waals surface area (Å²) in [6, 6.07) is 6.23. The Morgan fingerprint density at radius 1 is 1.41 bits per heavy atom. The van der Waals surface area contributed by atoms with Crippen molar-refractivity contribution in [3.05, 3.63) is 35.6 Å². The van der Waals surface area contributed by atoms with Crippen LogP contribution in [0.15, 0.2) is 24.3 Å². The zero-order valence-electron chi connectivity index (χ0n) is 9.69. The summed E-state index contributed by atoms with van der Waals surface area (Å²) in [5.74, 6) is -0.532. The second kappa shape index (κ2) is 5.27. The maximum absolute atomic E-state index is 12.8. The van der Waals surface area contributed by atoms with E-state index >= 15 is 0 Å². The number of ether oxygens (including phenoxy) is 2. The number of esters is 1. The third-order valence-electron chi connectivity index (χ3n) is 2.81. The van der Waals surface area contributed by atoms with Crippen LogP contribution in [0.5, 0.6) is 0 Å². The third-order valence-corrected chi connectivity index (χ3v) is 2.81. The standard InChI is InChI=1S/C13H15FO3/c1-9(15)17-12-6-7-16-13(8-12)10-2-4-11(14)5-3-10/h2-5,12-13H,6-8H2,1H3/t12-,13+/m1/s1.